The van der Waals surface area contributed by atoms with Gasteiger partial charge in [0, 0.05) is 18.0 Å². The Labute approximate surface area is 210 Å². The fraction of sp³-hybridized carbons (Fsp3) is 0.115. The number of hydrogen-bond donors (Lipinski definition) is 2. The van der Waals surface area contributed by atoms with Gasteiger partial charge in [0.15, 0.2) is 0 Å². The normalized spacial score (nSPS) is 11.7. The van der Waals surface area contributed by atoms with Crippen LogP contribution in [0.15, 0.2) is 65.8 Å². The van der Waals surface area contributed by atoms with Crippen LogP contribution < -0.4 is 16.6 Å². The van der Waals surface area contributed by atoms with Gasteiger partial charge in [0.1, 0.15) is 34.9 Å². The number of nitrogens with one attached hydrogen (secondary N) is 1. The molecule has 11 heteroatoms. The topological polar surface area (TPSA) is 148 Å². The second-order valence-corrected chi connectivity index (χ2v) is 8.28. The van der Waals surface area contributed by atoms with E-state index in [9.17, 15) is 14.4 Å². The zero-order valence-corrected chi connectivity index (χ0v) is 19.8. The first-order chi connectivity index (χ1) is 17.9. The van der Waals surface area contributed by atoms with Crippen LogP contribution in [-0.4, -0.2) is 29.5 Å². The highest BCUT2D eigenvalue weighted by Crippen LogP contribution is 2.28. The number of hydrogen-bond acceptors (Lipinski definition) is 9. The molecule has 0 saturated carbocycles. The van der Waals surface area contributed by atoms with Crippen LogP contribution in [0, 0.1) is 24.1 Å². The van der Waals surface area contributed by atoms with Crippen LogP contribution in [0.4, 0.5) is 16.2 Å². The average molecular weight is 494 g/mol. The maximum Gasteiger partial charge on any atom is 0.266 e. The molecule has 0 aliphatic rings. The number of nitrogens with zero attached hydrogens (tertiary/aromatic N) is 7. The van der Waals surface area contributed by atoms with E-state index in [0.29, 0.717) is 33.5 Å². The molecule has 0 bridgehead atoms. The van der Waals surface area contributed by atoms with Gasteiger partial charge >= 0.3 is 0 Å². The molecule has 3 N–H and O–H groups in total. The molecular formula is C26H20FN9O. The summed E-state index contributed by atoms with van der Waals surface area (Å²) in [6, 6.07) is 12.4. The molecule has 0 unspecified atom stereocenters. The molecule has 10 nitrogen and oxygen atoms in total. The van der Waals surface area contributed by atoms with Crippen LogP contribution in [0.5, 0.6) is 0 Å². The van der Waals surface area contributed by atoms with Crippen molar-refractivity contribution < 1.29 is 4.39 Å². The Bertz CT molecular complexity index is 1740. The summed E-state index contributed by atoms with van der Waals surface area (Å²) in [4.78, 5) is 35.4. The number of benzene rings is 2. The molecule has 182 valence electrons. The smallest absolute Gasteiger partial charge is 0.266 e. The van der Waals surface area contributed by atoms with E-state index in [1.54, 1.807) is 50.5 Å². The minimum atomic E-state index is -0.645. The van der Waals surface area contributed by atoms with Gasteiger partial charge in [0.05, 0.1) is 28.8 Å². The van der Waals surface area contributed by atoms with Crippen molar-refractivity contribution >= 4 is 22.7 Å². The molecule has 37 heavy (non-hydrogen) atoms. The molecule has 0 radical (unpaired) electrons. The summed E-state index contributed by atoms with van der Waals surface area (Å²) >= 11 is 0. The summed E-state index contributed by atoms with van der Waals surface area (Å²) in [5.74, 6) is 0.539. The van der Waals surface area contributed by atoms with Gasteiger partial charge < -0.3 is 11.1 Å². The minimum Gasteiger partial charge on any atom is -0.368 e. The van der Waals surface area contributed by atoms with Gasteiger partial charge in [-0.3, -0.25) is 9.36 Å². The third-order valence-corrected chi connectivity index (χ3v) is 5.75. The molecule has 2 aromatic carbocycles. The number of anilines is 2. The molecular weight excluding hydrogens is 473 g/mol. The van der Waals surface area contributed by atoms with E-state index >= 15 is 0 Å². The molecule has 0 saturated heterocycles. The Kier molecular flexibility index (Phi) is 5.99. The lowest BCUT2D eigenvalue weighted by molar-refractivity contribution is 0.624. The molecule has 0 fully saturated rings. The minimum absolute atomic E-state index is 0.0207. The Hall–Kier alpha value is -5.24. The van der Waals surface area contributed by atoms with E-state index in [0.717, 1.165) is 0 Å². The van der Waals surface area contributed by atoms with Crippen molar-refractivity contribution in [1.82, 2.24) is 29.5 Å². The lowest BCUT2D eigenvalue weighted by atomic mass is 10.0. The van der Waals surface area contributed by atoms with Gasteiger partial charge in [-0.15, -0.1) is 0 Å². The van der Waals surface area contributed by atoms with Gasteiger partial charge in [-0.1, -0.05) is 18.2 Å². The van der Waals surface area contributed by atoms with Crippen molar-refractivity contribution in [2.24, 2.45) is 0 Å². The lowest BCUT2D eigenvalue weighted by Crippen LogP contribution is -2.28. The highest BCUT2D eigenvalue weighted by atomic mass is 19.1. The second-order valence-electron chi connectivity index (χ2n) is 8.28. The third-order valence-electron chi connectivity index (χ3n) is 5.75. The first kappa shape index (κ1) is 23.5. The zero-order chi connectivity index (χ0) is 26.1. The molecule has 1 atom stereocenters. The van der Waals surface area contributed by atoms with E-state index in [1.807, 2.05) is 6.07 Å². The molecule has 3 heterocycles. The summed E-state index contributed by atoms with van der Waals surface area (Å²) in [6.07, 6.45) is 4.59. The summed E-state index contributed by atoms with van der Waals surface area (Å²) in [5, 5.41) is 12.9. The highest BCUT2D eigenvalue weighted by Gasteiger charge is 2.22. The van der Waals surface area contributed by atoms with E-state index in [1.165, 1.54) is 29.0 Å². The number of aromatic nitrogens is 6. The van der Waals surface area contributed by atoms with E-state index in [-0.39, 0.29) is 23.2 Å². The molecule has 0 spiro atoms. The molecule has 5 aromatic rings. The monoisotopic (exact) mass is 493 g/mol. The predicted molar refractivity (Wildman–Crippen MR) is 136 cm³/mol. The molecule has 0 aliphatic heterocycles. The van der Waals surface area contributed by atoms with E-state index in [4.69, 9.17) is 10.7 Å². The number of nitriles is 1. The molecule has 0 amide bonds. The van der Waals surface area contributed by atoms with Crippen LogP contribution in [-0.2, 0) is 0 Å². The Morgan fingerprint density at radius 1 is 1.08 bits per heavy atom. The van der Waals surface area contributed by atoms with Gasteiger partial charge in [0.2, 0.25) is 5.95 Å². The number of nitrogen functional groups attached to an aromatic ring is 1. The van der Waals surface area contributed by atoms with Crippen molar-refractivity contribution in [3.05, 3.63) is 94.4 Å². The number of aryl methyl sites for hydroxylation is 1. The average Bonchev–Trinajstić information content (AvgIpc) is 2.89. The van der Waals surface area contributed by atoms with Gasteiger partial charge in [-0.2, -0.15) is 10.2 Å². The van der Waals surface area contributed by atoms with Crippen molar-refractivity contribution in [2.45, 2.75) is 19.9 Å². The molecule has 0 aliphatic carbocycles. The first-order valence-corrected chi connectivity index (χ1v) is 11.3. The van der Waals surface area contributed by atoms with Crippen LogP contribution >= 0.6 is 0 Å². The van der Waals surface area contributed by atoms with Crippen molar-refractivity contribution in [1.29, 1.82) is 5.26 Å². The lowest BCUT2D eigenvalue weighted by Gasteiger charge is -2.21. The fourth-order valence-electron chi connectivity index (χ4n) is 4.03. The van der Waals surface area contributed by atoms with Crippen LogP contribution in [0.25, 0.3) is 27.7 Å². The van der Waals surface area contributed by atoms with Gasteiger partial charge in [-0.05, 0) is 43.7 Å². The maximum absolute atomic E-state index is 14.3. The van der Waals surface area contributed by atoms with Crippen molar-refractivity contribution in [3.8, 4) is 22.9 Å². The predicted octanol–water partition coefficient (Wildman–Crippen LogP) is 3.71. The molecule has 5 rings (SSSR count). The number of fused-ring (bicyclic) bond motifs is 1. The first-order valence-electron chi connectivity index (χ1n) is 11.3. The van der Waals surface area contributed by atoms with E-state index in [2.05, 4.69) is 25.3 Å². The van der Waals surface area contributed by atoms with Gasteiger partial charge in [-0.25, -0.2) is 24.3 Å². The van der Waals surface area contributed by atoms with Crippen LogP contribution in [0.2, 0.25) is 0 Å². The Morgan fingerprint density at radius 3 is 2.57 bits per heavy atom. The zero-order valence-electron chi connectivity index (χ0n) is 19.8. The third kappa shape index (κ3) is 4.43. The van der Waals surface area contributed by atoms with Crippen LogP contribution in [0.3, 0.4) is 0 Å². The number of rotatable bonds is 5. The number of halogens is 1. The second kappa shape index (κ2) is 9.43. The molecule has 3 aromatic heterocycles. The Balaban J connectivity index is 1.76. The quantitative estimate of drug-likeness (QED) is 0.374. The summed E-state index contributed by atoms with van der Waals surface area (Å²) in [6.45, 7) is 3.52. The van der Waals surface area contributed by atoms with Gasteiger partial charge in [0.25, 0.3) is 5.56 Å². The Morgan fingerprint density at radius 2 is 1.84 bits per heavy atom. The number of nitrogens with two attached hydrogens (primary N) is 1. The maximum atomic E-state index is 14.3. The fourth-order valence-corrected chi connectivity index (χ4v) is 4.03. The van der Waals surface area contributed by atoms with Crippen molar-refractivity contribution in [3.63, 3.8) is 0 Å². The standard InChI is InChI=1S/C26H20FN9O/c1-14(33-23-16(10-28)11-32-26(29)35-23)24-34-21-8-4-7-20(17-12-30-15(2)31-13-17)22(21)25(37)36(24)19-6-3-5-18(27)9-19/h3-9,11-14H,1-2H3,(H3,29,32,33,35)/t14-/m0/s1. The summed E-state index contributed by atoms with van der Waals surface area (Å²) in [5.41, 5.74) is 7.46. The largest absolute Gasteiger partial charge is 0.368 e. The van der Waals surface area contributed by atoms with E-state index < -0.39 is 17.4 Å². The summed E-state index contributed by atoms with van der Waals surface area (Å²) < 4.78 is 15.6. The highest BCUT2D eigenvalue weighted by molar-refractivity contribution is 5.94. The SMILES string of the molecule is Cc1ncc(-c2cccc3nc([C@H](C)Nc4nc(N)ncc4C#N)n(-c4cccc(F)c4)c(=O)c23)cn1. The summed E-state index contributed by atoms with van der Waals surface area (Å²) in [7, 11) is 0. The van der Waals surface area contributed by atoms with Crippen LogP contribution in [0.1, 0.15) is 30.2 Å². The van der Waals surface area contributed by atoms with Crippen molar-refractivity contribution in [2.75, 3.05) is 11.1 Å².